The molecule has 1 aromatic carbocycles. The highest BCUT2D eigenvalue weighted by Crippen LogP contribution is 2.44. The molecular weight excluding hydrogens is 266 g/mol. The van der Waals surface area contributed by atoms with Crippen LogP contribution in [-0.2, 0) is 4.74 Å². The molecule has 3 unspecified atom stereocenters. The Bertz CT molecular complexity index is 527. The lowest BCUT2D eigenvalue weighted by Gasteiger charge is -2.37. The van der Waals surface area contributed by atoms with Gasteiger partial charge in [0.05, 0.1) is 17.2 Å². The molecule has 0 amide bonds. The van der Waals surface area contributed by atoms with E-state index < -0.39 is 0 Å². The van der Waals surface area contributed by atoms with Gasteiger partial charge in [0.1, 0.15) is 12.7 Å². The SMILES string of the molecule is CC1(C)CC(C(N)C2COc3ccccc3O2)C(C)(C)O1. The molecule has 2 N–H and O–H groups in total. The number of fused-ring (bicyclic) bond motifs is 1. The minimum atomic E-state index is -0.247. The van der Waals surface area contributed by atoms with Crippen molar-refractivity contribution in [3.63, 3.8) is 0 Å². The van der Waals surface area contributed by atoms with Crippen LogP contribution in [0.2, 0.25) is 0 Å². The average Bonchev–Trinajstić information content (AvgIpc) is 2.65. The largest absolute Gasteiger partial charge is 0.486 e. The van der Waals surface area contributed by atoms with Crippen LogP contribution in [0.15, 0.2) is 24.3 Å². The fourth-order valence-electron chi connectivity index (χ4n) is 3.69. The van der Waals surface area contributed by atoms with Crippen LogP contribution in [0.1, 0.15) is 34.1 Å². The number of hydrogen-bond acceptors (Lipinski definition) is 4. The molecule has 4 nitrogen and oxygen atoms in total. The van der Waals surface area contributed by atoms with Gasteiger partial charge in [-0.1, -0.05) is 12.1 Å². The summed E-state index contributed by atoms with van der Waals surface area (Å²) in [5.74, 6) is 1.81. The van der Waals surface area contributed by atoms with Gasteiger partial charge < -0.3 is 19.9 Å². The van der Waals surface area contributed by atoms with E-state index in [-0.39, 0.29) is 29.3 Å². The van der Waals surface area contributed by atoms with Crippen LogP contribution >= 0.6 is 0 Å². The van der Waals surface area contributed by atoms with Gasteiger partial charge in [-0.05, 0) is 46.2 Å². The van der Waals surface area contributed by atoms with Crippen molar-refractivity contribution in [3.8, 4) is 11.5 Å². The fraction of sp³-hybridized carbons (Fsp3) is 0.647. The zero-order valence-electron chi connectivity index (χ0n) is 13.3. The van der Waals surface area contributed by atoms with E-state index in [0.717, 1.165) is 17.9 Å². The Morgan fingerprint density at radius 1 is 1.14 bits per heavy atom. The maximum Gasteiger partial charge on any atom is 0.161 e. The van der Waals surface area contributed by atoms with Gasteiger partial charge in [0, 0.05) is 5.92 Å². The van der Waals surface area contributed by atoms with E-state index in [1.54, 1.807) is 0 Å². The first-order chi connectivity index (χ1) is 9.78. The van der Waals surface area contributed by atoms with Crippen LogP contribution in [0, 0.1) is 5.92 Å². The summed E-state index contributed by atoms with van der Waals surface area (Å²) in [7, 11) is 0. The molecule has 2 aliphatic rings. The third kappa shape index (κ3) is 2.74. The molecule has 2 heterocycles. The standard InChI is InChI=1S/C17H25NO3/c1-16(2)9-11(17(3,4)21-16)15(18)14-10-19-12-7-5-6-8-13(12)20-14/h5-8,11,14-15H,9-10,18H2,1-4H3. The van der Waals surface area contributed by atoms with Gasteiger partial charge in [0.15, 0.2) is 11.5 Å². The molecule has 1 saturated heterocycles. The smallest absolute Gasteiger partial charge is 0.161 e. The van der Waals surface area contributed by atoms with Crippen LogP contribution < -0.4 is 15.2 Å². The van der Waals surface area contributed by atoms with E-state index in [9.17, 15) is 0 Å². The summed E-state index contributed by atoms with van der Waals surface area (Å²) < 4.78 is 18.0. The first-order valence-corrected chi connectivity index (χ1v) is 7.63. The van der Waals surface area contributed by atoms with Crippen molar-refractivity contribution in [1.82, 2.24) is 0 Å². The third-order valence-electron chi connectivity index (χ3n) is 4.57. The number of benzene rings is 1. The van der Waals surface area contributed by atoms with Crippen molar-refractivity contribution in [3.05, 3.63) is 24.3 Å². The molecule has 0 saturated carbocycles. The number of rotatable bonds is 2. The summed E-state index contributed by atoms with van der Waals surface area (Å²) in [5, 5.41) is 0. The topological polar surface area (TPSA) is 53.7 Å². The minimum absolute atomic E-state index is 0.116. The summed E-state index contributed by atoms with van der Waals surface area (Å²) in [6, 6.07) is 7.62. The third-order valence-corrected chi connectivity index (χ3v) is 4.57. The van der Waals surface area contributed by atoms with Crippen LogP contribution in [0.3, 0.4) is 0 Å². The Hall–Kier alpha value is -1.26. The molecule has 21 heavy (non-hydrogen) atoms. The molecule has 0 spiro atoms. The Morgan fingerprint density at radius 2 is 1.81 bits per heavy atom. The van der Waals surface area contributed by atoms with Gasteiger partial charge >= 0.3 is 0 Å². The number of para-hydroxylation sites is 2. The highest BCUT2D eigenvalue weighted by Gasteiger charge is 2.50. The molecule has 0 bridgehead atoms. The monoisotopic (exact) mass is 291 g/mol. The van der Waals surface area contributed by atoms with E-state index in [1.165, 1.54) is 0 Å². The first-order valence-electron chi connectivity index (χ1n) is 7.63. The molecule has 1 aromatic rings. The number of hydrogen-bond donors (Lipinski definition) is 1. The maximum atomic E-state index is 6.52. The summed E-state index contributed by atoms with van der Waals surface area (Å²) in [4.78, 5) is 0. The molecular formula is C17H25NO3. The van der Waals surface area contributed by atoms with Gasteiger partial charge in [-0.2, -0.15) is 0 Å². The second kappa shape index (κ2) is 4.89. The lowest BCUT2D eigenvalue weighted by atomic mass is 9.80. The zero-order valence-corrected chi connectivity index (χ0v) is 13.3. The molecule has 2 aliphatic heterocycles. The van der Waals surface area contributed by atoms with Gasteiger partial charge in [0.25, 0.3) is 0 Å². The molecule has 0 radical (unpaired) electrons. The van der Waals surface area contributed by atoms with E-state index in [0.29, 0.717) is 6.61 Å². The van der Waals surface area contributed by atoms with Crippen LogP contribution in [0.25, 0.3) is 0 Å². The van der Waals surface area contributed by atoms with E-state index in [2.05, 4.69) is 27.7 Å². The molecule has 3 rings (SSSR count). The van der Waals surface area contributed by atoms with Gasteiger partial charge in [0.2, 0.25) is 0 Å². The number of ether oxygens (including phenoxy) is 3. The van der Waals surface area contributed by atoms with Crippen LogP contribution in [0.4, 0.5) is 0 Å². The molecule has 0 aliphatic carbocycles. The highest BCUT2D eigenvalue weighted by atomic mass is 16.6. The minimum Gasteiger partial charge on any atom is -0.486 e. The lowest BCUT2D eigenvalue weighted by Crippen LogP contribution is -2.53. The second-order valence-electron chi connectivity index (χ2n) is 7.27. The Morgan fingerprint density at radius 3 is 2.43 bits per heavy atom. The first kappa shape index (κ1) is 14.7. The van der Waals surface area contributed by atoms with E-state index in [1.807, 2.05) is 24.3 Å². The second-order valence-corrected chi connectivity index (χ2v) is 7.27. The fourth-order valence-corrected chi connectivity index (χ4v) is 3.69. The van der Waals surface area contributed by atoms with Gasteiger partial charge in [-0.25, -0.2) is 0 Å². The molecule has 4 heteroatoms. The quantitative estimate of drug-likeness (QED) is 0.910. The normalized spacial score (nSPS) is 30.9. The van der Waals surface area contributed by atoms with E-state index >= 15 is 0 Å². The van der Waals surface area contributed by atoms with Crippen molar-refractivity contribution >= 4 is 0 Å². The Balaban J connectivity index is 1.76. The average molecular weight is 291 g/mol. The zero-order chi connectivity index (χ0) is 15.3. The van der Waals surface area contributed by atoms with Crippen molar-refractivity contribution in [1.29, 1.82) is 0 Å². The Kier molecular flexibility index (Phi) is 3.41. The summed E-state index contributed by atoms with van der Waals surface area (Å²) in [6.07, 6.45) is 0.796. The van der Waals surface area contributed by atoms with Crippen LogP contribution in [-0.4, -0.2) is 30.0 Å². The van der Waals surface area contributed by atoms with E-state index in [4.69, 9.17) is 19.9 Å². The maximum absolute atomic E-state index is 6.52. The summed E-state index contributed by atoms with van der Waals surface area (Å²) in [5.41, 5.74) is 6.14. The Labute approximate surface area is 126 Å². The molecule has 116 valence electrons. The van der Waals surface area contributed by atoms with Crippen molar-refractivity contribution in [2.75, 3.05) is 6.61 Å². The summed E-state index contributed by atoms with van der Waals surface area (Å²) in [6.45, 7) is 8.96. The predicted molar refractivity (Wildman–Crippen MR) is 81.7 cm³/mol. The van der Waals surface area contributed by atoms with Crippen molar-refractivity contribution in [2.24, 2.45) is 11.7 Å². The lowest BCUT2D eigenvalue weighted by molar-refractivity contribution is -0.0815. The number of nitrogens with two attached hydrogens (primary N) is 1. The highest BCUT2D eigenvalue weighted by molar-refractivity contribution is 5.40. The molecule has 1 fully saturated rings. The van der Waals surface area contributed by atoms with Gasteiger partial charge in [-0.15, -0.1) is 0 Å². The molecule has 3 atom stereocenters. The predicted octanol–water partition coefficient (Wildman–Crippen LogP) is 2.75. The van der Waals surface area contributed by atoms with Gasteiger partial charge in [-0.3, -0.25) is 0 Å². The van der Waals surface area contributed by atoms with Crippen molar-refractivity contribution < 1.29 is 14.2 Å². The van der Waals surface area contributed by atoms with Crippen molar-refractivity contribution in [2.45, 2.75) is 57.5 Å². The molecule has 0 aromatic heterocycles. The summed E-state index contributed by atoms with van der Waals surface area (Å²) >= 11 is 0. The van der Waals surface area contributed by atoms with Crippen LogP contribution in [0.5, 0.6) is 11.5 Å².